The highest BCUT2D eigenvalue weighted by molar-refractivity contribution is 5.85. The van der Waals surface area contributed by atoms with Crippen LogP contribution in [0.4, 0.5) is 0 Å². The molecule has 2 aromatic rings. The Morgan fingerprint density at radius 3 is 2.73 bits per heavy atom. The van der Waals surface area contributed by atoms with Crippen LogP contribution in [0.5, 0.6) is 0 Å². The van der Waals surface area contributed by atoms with Crippen LogP contribution in [0.2, 0.25) is 0 Å². The maximum Gasteiger partial charge on any atom is 0.305 e. The first-order valence-corrected chi connectivity index (χ1v) is 7.57. The van der Waals surface area contributed by atoms with Gasteiger partial charge in [-0.15, -0.1) is 0 Å². The number of aliphatic carboxylic acids is 1. The average Bonchev–Trinajstić information content (AvgIpc) is 2.87. The molecule has 0 bridgehead atoms. The molecule has 0 atom stereocenters. The van der Waals surface area contributed by atoms with E-state index in [1.54, 1.807) is 4.90 Å². The third-order valence-corrected chi connectivity index (χ3v) is 3.86. The summed E-state index contributed by atoms with van der Waals surface area (Å²) in [6.45, 7) is 4.73. The second-order valence-corrected chi connectivity index (χ2v) is 5.48. The van der Waals surface area contributed by atoms with Gasteiger partial charge >= 0.3 is 5.97 Å². The molecule has 1 aromatic carbocycles. The van der Waals surface area contributed by atoms with Crippen molar-refractivity contribution in [2.75, 3.05) is 13.1 Å². The largest absolute Gasteiger partial charge is 0.481 e. The van der Waals surface area contributed by atoms with Gasteiger partial charge in [-0.3, -0.25) is 9.59 Å². The van der Waals surface area contributed by atoms with Gasteiger partial charge in [0.05, 0.1) is 6.42 Å². The first-order valence-electron chi connectivity index (χ1n) is 7.57. The van der Waals surface area contributed by atoms with Gasteiger partial charge in [-0.2, -0.15) is 0 Å². The molecule has 0 radical (unpaired) electrons. The summed E-state index contributed by atoms with van der Waals surface area (Å²) >= 11 is 0. The van der Waals surface area contributed by atoms with Gasteiger partial charge in [0.15, 0.2) is 0 Å². The minimum absolute atomic E-state index is 0.00533. The lowest BCUT2D eigenvalue weighted by atomic mass is 10.1. The van der Waals surface area contributed by atoms with Crippen LogP contribution in [0, 0.1) is 6.92 Å². The number of aryl methyl sites for hydroxylation is 2. The Kier molecular flexibility index (Phi) is 5.20. The number of carbonyl (C=O) groups is 2. The molecule has 0 fully saturated rings. The number of benzene rings is 1. The number of carbonyl (C=O) groups excluding carboxylic acids is 1. The van der Waals surface area contributed by atoms with E-state index in [1.165, 1.54) is 5.56 Å². The van der Waals surface area contributed by atoms with Crippen LogP contribution in [-0.2, 0) is 16.0 Å². The van der Waals surface area contributed by atoms with Crippen LogP contribution < -0.4 is 0 Å². The van der Waals surface area contributed by atoms with Gasteiger partial charge in [0.2, 0.25) is 5.91 Å². The summed E-state index contributed by atoms with van der Waals surface area (Å²) in [7, 11) is 0. The molecule has 0 unspecified atom stereocenters. The van der Waals surface area contributed by atoms with E-state index < -0.39 is 5.97 Å². The second-order valence-electron chi connectivity index (χ2n) is 5.48. The lowest BCUT2D eigenvalue weighted by Gasteiger charge is -2.19. The van der Waals surface area contributed by atoms with E-state index in [4.69, 9.17) is 5.11 Å². The number of aromatic nitrogens is 1. The molecule has 0 saturated carbocycles. The molecule has 0 saturated heterocycles. The van der Waals surface area contributed by atoms with Gasteiger partial charge in [-0.1, -0.05) is 11.6 Å². The third kappa shape index (κ3) is 3.87. The summed E-state index contributed by atoms with van der Waals surface area (Å²) in [6, 6.07) is 6.22. The zero-order chi connectivity index (χ0) is 16.1. The van der Waals surface area contributed by atoms with Crippen molar-refractivity contribution in [1.29, 1.82) is 0 Å². The van der Waals surface area contributed by atoms with Crippen molar-refractivity contribution in [2.45, 2.75) is 33.1 Å². The smallest absolute Gasteiger partial charge is 0.305 e. The van der Waals surface area contributed by atoms with Gasteiger partial charge in [-0.25, -0.2) is 0 Å². The highest BCUT2D eigenvalue weighted by atomic mass is 16.4. The molecule has 0 aliphatic carbocycles. The molecule has 0 spiro atoms. The summed E-state index contributed by atoms with van der Waals surface area (Å²) in [5.74, 6) is -0.871. The molecular weight excluding hydrogens is 280 g/mol. The highest BCUT2D eigenvalue weighted by Gasteiger charge is 2.14. The van der Waals surface area contributed by atoms with Crippen LogP contribution in [0.3, 0.4) is 0 Å². The molecule has 1 aromatic heterocycles. The molecule has 0 aliphatic rings. The van der Waals surface area contributed by atoms with E-state index in [2.05, 4.69) is 17.1 Å². The molecular formula is C17H22N2O3. The number of H-pyrrole nitrogens is 1. The zero-order valence-electron chi connectivity index (χ0n) is 13.1. The number of rotatable bonds is 7. The maximum absolute atomic E-state index is 12.2. The Morgan fingerprint density at radius 1 is 1.27 bits per heavy atom. The summed E-state index contributed by atoms with van der Waals surface area (Å²) < 4.78 is 0. The normalized spacial score (nSPS) is 10.8. The molecule has 118 valence electrons. The number of nitrogens with one attached hydrogen (secondary N) is 1. The number of carboxylic acid groups (broad SMARTS) is 1. The van der Waals surface area contributed by atoms with Gasteiger partial charge in [-0.05, 0) is 38.0 Å². The Balaban J connectivity index is 1.99. The molecule has 2 rings (SSSR count). The van der Waals surface area contributed by atoms with Gasteiger partial charge in [0.25, 0.3) is 0 Å². The van der Waals surface area contributed by atoms with Gasteiger partial charge < -0.3 is 15.0 Å². The number of hydrogen-bond acceptors (Lipinski definition) is 2. The van der Waals surface area contributed by atoms with E-state index in [9.17, 15) is 9.59 Å². The van der Waals surface area contributed by atoms with Crippen LogP contribution >= 0.6 is 0 Å². The third-order valence-electron chi connectivity index (χ3n) is 3.86. The minimum atomic E-state index is -0.877. The predicted molar refractivity (Wildman–Crippen MR) is 85.9 cm³/mol. The number of fused-ring (bicyclic) bond motifs is 1. The number of hydrogen-bond donors (Lipinski definition) is 2. The lowest BCUT2D eigenvalue weighted by molar-refractivity contribution is -0.138. The van der Waals surface area contributed by atoms with Crippen molar-refractivity contribution in [3.63, 3.8) is 0 Å². The number of nitrogens with zero attached hydrogens (tertiary/aromatic N) is 1. The van der Waals surface area contributed by atoms with Crippen molar-refractivity contribution in [1.82, 2.24) is 9.88 Å². The van der Waals surface area contributed by atoms with Crippen LogP contribution in [0.1, 0.15) is 30.9 Å². The van der Waals surface area contributed by atoms with Crippen LogP contribution in [0.25, 0.3) is 10.9 Å². The Bertz CT molecular complexity index is 676. The summed E-state index contributed by atoms with van der Waals surface area (Å²) in [5, 5.41) is 9.88. The van der Waals surface area contributed by atoms with Crippen LogP contribution in [0.15, 0.2) is 24.4 Å². The van der Waals surface area contributed by atoms with E-state index >= 15 is 0 Å². The van der Waals surface area contributed by atoms with Crippen molar-refractivity contribution in [3.05, 3.63) is 35.5 Å². The number of amides is 1. The SMILES string of the molecule is CCN(CCC(=O)O)C(=O)CCc1c[nH]c2ccc(C)cc12. The summed E-state index contributed by atoms with van der Waals surface area (Å²) in [5.41, 5.74) is 3.39. The maximum atomic E-state index is 12.2. The lowest BCUT2D eigenvalue weighted by Crippen LogP contribution is -2.32. The van der Waals surface area contributed by atoms with E-state index in [0.29, 0.717) is 19.4 Å². The van der Waals surface area contributed by atoms with E-state index in [0.717, 1.165) is 16.5 Å². The molecule has 5 nitrogen and oxygen atoms in total. The first-order chi connectivity index (χ1) is 10.5. The second kappa shape index (κ2) is 7.11. The molecule has 5 heteroatoms. The molecule has 0 aliphatic heterocycles. The van der Waals surface area contributed by atoms with Crippen molar-refractivity contribution in [2.24, 2.45) is 0 Å². The average molecular weight is 302 g/mol. The monoisotopic (exact) mass is 302 g/mol. The number of aromatic amines is 1. The molecule has 1 amide bonds. The standard InChI is InChI=1S/C17H22N2O3/c1-3-19(9-8-17(21)22)16(20)7-5-13-11-18-15-6-4-12(2)10-14(13)15/h4,6,10-11,18H,3,5,7-9H2,1-2H3,(H,21,22). The Hall–Kier alpha value is -2.30. The fourth-order valence-electron chi connectivity index (χ4n) is 2.59. The van der Waals surface area contributed by atoms with Crippen molar-refractivity contribution >= 4 is 22.8 Å². The number of carboxylic acids is 1. The van der Waals surface area contributed by atoms with Gasteiger partial charge in [0.1, 0.15) is 0 Å². The van der Waals surface area contributed by atoms with E-state index in [-0.39, 0.29) is 18.9 Å². The van der Waals surface area contributed by atoms with Crippen molar-refractivity contribution in [3.8, 4) is 0 Å². The fourth-order valence-corrected chi connectivity index (χ4v) is 2.59. The minimum Gasteiger partial charge on any atom is -0.481 e. The first kappa shape index (κ1) is 16.1. The van der Waals surface area contributed by atoms with Crippen molar-refractivity contribution < 1.29 is 14.7 Å². The molecule has 2 N–H and O–H groups in total. The fraction of sp³-hybridized carbons (Fsp3) is 0.412. The highest BCUT2D eigenvalue weighted by Crippen LogP contribution is 2.21. The van der Waals surface area contributed by atoms with Gasteiger partial charge in [0, 0.05) is 36.6 Å². The Labute approximate surface area is 129 Å². The Morgan fingerprint density at radius 2 is 2.05 bits per heavy atom. The predicted octanol–water partition coefficient (Wildman–Crippen LogP) is 2.73. The van der Waals surface area contributed by atoms with E-state index in [1.807, 2.05) is 26.1 Å². The molecule has 1 heterocycles. The quantitative estimate of drug-likeness (QED) is 0.826. The van der Waals surface area contributed by atoms with Crippen LogP contribution in [-0.4, -0.2) is 40.0 Å². The topological polar surface area (TPSA) is 73.4 Å². The summed E-state index contributed by atoms with van der Waals surface area (Å²) in [4.78, 5) is 27.7. The summed E-state index contributed by atoms with van der Waals surface area (Å²) in [6.07, 6.45) is 3.00. The zero-order valence-corrected chi connectivity index (χ0v) is 13.1. The molecule has 22 heavy (non-hydrogen) atoms.